The molecule has 0 atom stereocenters. The molecule has 31 heavy (non-hydrogen) atoms. The fourth-order valence-electron chi connectivity index (χ4n) is 3.34. The van der Waals surface area contributed by atoms with Crippen molar-refractivity contribution in [3.63, 3.8) is 0 Å². The van der Waals surface area contributed by atoms with Crippen molar-refractivity contribution in [3.05, 3.63) is 94.5 Å². The summed E-state index contributed by atoms with van der Waals surface area (Å²) < 4.78 is 5.76. The zero-order chi connectivity index (χ0) is 22.2. The molecule has 0 heterocycles. The molecule has 0 bridgehead atoms. The number of ether oxygens (including phenoxy) is 1. The van der Waals surface area contributed by atoms with Gasteiger partial charge in [0.15, 0.2) is 5.78 Å². The van der Waals surface area contributed by atoms with Gasteiger partial charge in [-0.05, 0) is 67.3 Å². The van der Waals surface area contributed by atoms with Gasteiger partial charge in [-0.25, -0.2) is 0 Å². The van der Waals surface area contributed by atoms with Gasteiger partial charge in [0.05, 0.1) is 12.0 Å². The van der Waals surface area contributed by atoms with Crippen molar-refractivity contribution in [2.45, 2.75) is 32.6 Å². The Morgan fingerprint density at radius 2 is 1.77 bits per heavy atom. The molecule has 0 amide bonds. The van der Waals surface area contributed by atoms with Crippen molar-refractivity contribution in [2.24, 2.45) is 0 Å². The van der Waals surface area contributed by atoms with Crippen LogP contribution in [0, 0.1) is 18.3 Å². The number of carbonyl (C=O) groups is 2. The number of aliphatic carboxylic acids is 1. The first-order chi connectivity index (χ1) is 14.9. The van der Waals surface area contributed by atoms with E-state index in [1.165, 1.54) is 17.2 Å². The van der Waals surface area contributed by atoms with Crippen LogP contribution < -0.4 is 4.74 Å². The van der Waals surface area contributed by atoms with E-state index < -0.39 is 5.97 Å². The highest BCUT2D eigenvalue weighted by atomic mass is 16.5. The molecule has 3 aromatic carbocycles. The van der Waals surface area contributed by atoms with E-state index in [1.807, 2.05) is 12.1 Å². The number of aryl methyl sites for hydroxylation is 2. The summed E-state index contributed by atoms with van der Waals surface area (Å²) in [5.41, 5.74) is 3.86. The largest absolute Gasteiger partial charge is 0.481 e. The van der Waals surface area contributed by atoms with Crippen LogP contribution in [0.15, 0.2) is 66.7 Å². The summed E-state index contributed by atoms with van der Waals surface area (Å²) in [6.07, 6.45) is 1.96. The molecule has 5 nitrogen and oxygen atoms in total. The Kier molecular flexibility index (Phi) is 7.18. The van der Waals surface area contributed by atoms with Crippen molar-refractivity contribution in [2.75, 3.05) is 0 Å². The molecule has 0 saturated carbocycles. The third-order valence-corrected chi connectivity index (χ3v) is 4.88. The molecular weight excluding hydrogens is 390 g/mol. The number of carbonyl (C=O) groups excluding carboxylic acids is 1. The smallest absolute Gasteiger partial charge is 0.307 e. The second-order valence-corrected chi connectivity index (χ2v) is 7.41. The van der Waals surface area contributed by atoms with Gasteiger partial charge in [0.25, 0.3) is 0 Å². The van der Waals surface area contributed by atoms with Crippen molar-refractivity contribution in [1.29, 1.82) is 5.26 Å². The lowest BCUT2D eigenvalue weighted by molar-refractivity contribution is -0.136. The molecule has 0 fully saturated rings. The number of hydrogen-bond acceptors (Lipinski definition) is 4. The Balaban J connectivity index is 1.59. The Bertz CT molecular complexity index is 1130. The molecule has 5 heteroatoms. The van der Waals surface area contributed by atoms with Crippen LogP contribution in [0.4, 0.5) is 0 Å². The van der Waals surface area contributed by atoms with Gasteiger partial charge >= 0.3 is 5.97 Å². The Morgan fingerprint density at radius 3 is 2.45 bits per heavy atom. The zero-order valence-electron chi connectivity index (χ0n) is 17.3. The number of nitriles is 1. The minimum absolute atomic E-state index is 0.0786. The maximum absolute atomic E-state index is 12.5. The van der Waals surface area contributed by atoms with Gasteiger partial charge in [0.2, 0.25) is 0 Å². The average molecular weight is 413 g/mol. The lowest BCUT2D eigenvalue weighted by Gasteiger charge is -2.09. The number of rotatable bonds is 9. The first kappa shape index (κ1) is 21.8. The van der Waals surface area contributed by atoms with Crippen LogP contribution in [0.2, 0.25) is 0 Å². The van der Waals surface area contributed by atoms with Gasteiger partial charge in [0.1, 0.15) is 17.6 Å². The van der Waals surface area contributed by atoms with Gasteiger partial charge in [-0.1, -0.05) is 35.9 Å². The number of carboxylic acid groups (broad SMARTS) is 1. The van der Waals surface area contributed by atoms with Crippen molar-refractivity contribution in [3.8, 4) is 17.6 Å². The average Bonchev–Trinajstić information content (AvgIpc) is 2.75. The maximum Gasteiger partial charge on any atom is 0.307 e. The molecule has 3 aromatic rings. The predicted octanol–water partition coefficient (Wildman–Crippen LogP) is 5.49. The SMILES string of the molecule is Cc1cccc(CCCC(=O)c2ccc(Oc3ccc(CC(=O)O)cc3C#N)cc2)c1. The fraction of sp³-hybridized carbons (Fsp3) is 0.192. The standard InChI is InChI=1S/C26H23NO4/c1-18-4-2-5-19(14-18)6-3-7-24(28)21-9-11-23(12-10-21)31-25-13-8-20(16-26(29)30)15-22(25)17-27/h2,4-5,8-15H,3,6-7,16H2,1H3,(H,29,30). The molecule has 0 aromatic heterocycles. The van der Waals surface area contributed by atoms with Crippen LogP contribution in [0.1, 0.15) is 45.5 Å². The number of hydrogen-bond donors (Lipinski definition) is 1. The highest BCUT2D eigenvalue weighted by Gasteiger charge is 2.10. The number of carboxylic acids is 1. The Labute approximate surface area is 181 Å². The minimum atomic E-state index is -0.961. The van der Waals surface area contributed by atoms with E-state index in [2.05, 4.69) is 25.1 Å². The zero-order valence-corrected chi connectivity index (χ0v) is 17.3. The third-order valence-electron chi connectivity index (χ3n) is 4.88. The van der Waals surface area contributed by atoms with E-state index in [9.17, 15) is 14.9 Å². The van der Waals surface area contributed by atoms with E-state index in [-0.39, 0.29) is 17.8 Å². The number of Topliss-reactive ketones (excluding diaryl/α,β-unsaturated/α-hetero) is 1. The summed E-state index contributed by atoms with van der Waals surface area (Å²) in [6, 6.07) is 21.9. The van der Waals surface area contributed by atoms with E-state index in [4.69, 9.17) is 9.84 Å². The number of ketones is 1. The highest BCUT2D eigenvalue weighted by molar-refractivity contribution is 5.96. The first-order valence-electron chi connectivity index (χ1n) is 10.1. The molecule has 0 spiro atoms. The lowest BCUT2D eigenvalue weighted by Crippen LogP contribution is -2.01. The molecule has 0 unspecified atom stereocenters. The van der Waals surface area contributed by atoms with Crippen molar-refractivity contribution >= 4 is 11.8 Å². The summed E-state index contributed by atoms with van der Waals surface area (Å²) in [7, 11) is 0. The van der Waals surface area contributed by atoms with Crippen molar-refractivity contribution < 1.29 is 19.4 Å². The van der Waals surface area contributed by atoms with Gasteiger partial charge in [-0.3, -0.25) is 9.59 Å². The first-order valence-corrected chi connectivity index (χ1v) is 10.1. The molecule has 0 radical (unpaired) electrons. The monoisotopic (exact) mass is 413 g/mol. The molecule has 0 aliphatic heterocycles. The molecule has 0 aliphatic carbocycles. The lowest BCUT2D eigenvalue weighted by atomic mass is 10.0. The second kappa shape index (κ2) is 10.2. The molecule has 0 aliphatic rings. The summed E-state index contributed by atoms with van der Waals surface area (Å²) >= 11 is 0. The van der Waals surface area contributed by atoms with Crippen molar-refractivity contribution in [1.82, 2.24) is 0 Å². The van der Waals surface area contributed by atoms with Gasteiger partial charge in [-0.2, -0.15) is 5.26 Å². The molecule has 3 rings (SSSR count). The molecule has 156 valence electrons. The van der Waals surface area contributed by atoms with E-state index in [1.54, 1.807) is 36.4 Å². The Morgan fingerprint density at radius 1 is 1.00 bits per heavy atom. The predicted molar refractivity (Wildman–Crippen MR) is 117 cm³/mol. The fourth-order valence-corrected chi connectivity index (χ4v) is 3.34. The quantitative estimate of drug-likeness (QED) is 0.469. The van der Waals surface area contributed by atoms with E-state index in [0.29, 0.717) is 29.0 Å². The summed E-state index contributed by atoms with van der Waals surface area (Å²) in [5, 5.41) is 18.2. The van der Waals surface area contributed by atoms with Crippen LogP contribution in [-0.2, 0) is 17.6 Å². The van der Waals surface area contributed by atoms with Crippen LogP contribution in [0.3, 0.4) is 0 Å². The topological polar surface area (TPSA) is 87.4 Å². The highest BCUT2D eigenvalue weighted by Crippen LogP contribution is 2.26. The normalized spacial score (nSPS) is 10.3. The summed E-state index contributed by atoms with van der Waals surface area (Å²) in [4.78, 5) is 23.3. The van der Waals surface area contributed by atoms with Crippen LogP contribution in [0.5, 0.6) is 11.5 Å². The van der Waals surface area contributed by atoms with Gasteiger partial charge in [0, 0.05) is 12.0 Å². The van der Waals surface area contributed by atoms with Crippen LogP contribution in [0.25, 0.3) is 0 Å². The summed E-state index contributed by atoms with van der Waals surface area (Å²) in [5.74, 6) is -0.0423. The number of benzene rings is 3. The van der Waals surface area contributed by atoms with Crippen LogP contribution in [-0.4, -0.2) is 16.9 Å². The number of nitrogens with zero attached hydrogens (tertiary/aromatic N) is 1. The maximum atomic E-state index is 12.5. The van der Waals surface area contributed by atoms with E-state index in [0.717, 1.165) is 12.8 Å². The third kappa shape index (κ3) is 6.28. The minimum Gasteiger partial charge on any atom is -0.481 e. The molecule has 0 saturated heterocycles. The van der Waals surface area contributed by atoms with Crippen LogP contribution >= 0.6 is 0 Å². The Hall–Kier alpha value is -3.91. The van der Waals surface area contributed by atoms with Gasteiger partial charge in [-0.15, -0.1) is 0 Å². The second-order valence-electron chi connectivity index (χ2n) is 7.41. The summed E-state index contributed by atoms with van der Waals surface area (Å²) in [6.45, 7) is 2.06. The molecular formula is C26H23NO4. The molecule has 1 N–H and O–H groups in total. The van der Waals surface area contributed by atoms with Gasteiger partial charge < -0.3 is 9.84 Å². The van der Waals surface area contributed by atoms with E-state index >= 15 is 0 Å².